The average molecular weight is 363 g/mol. The predicted molar refractivity (Wildman–Crippen MR) is 110 cm³/mol. The zero-order chi connectivity index (χ0) is 18.8. The summed E-state index contributed by atoms with van der Waals surface area (Å²) in [6, 6.07) is 30.5. The molecule has 0 saturated heterocycles. The average Bonchev–Trinajstić information content (AvgIpc) is 3.43. The molecule has 4 nitrogen and oxygen atoms in total. The van der Waals surface area contributed by atoms with Gasteiger partial charge in [-0.25, -0.2) is 9.67 Å². The van der Waals surface area contributed by atoms with Gasteiger partial charge in [0, 0.05) is 11.1 Å². The summed E-state index contributed by atoms with van der Waals surface area (Å²) >= 11 is 0. The lowest BCUT2D eigenvalue weighted by molar-refractivity contribution is 0.595. The molecule has 0 aliphatic rings. The minimum atomic E-state index is 0.767. The van der Waals surface area contributed by atoms with Crippen molar-refractivity contribution in [3.63, 3.8) is 0 Å². The van der Waals surface area contributed by atoms with Crippen molar-refractivity contribution in [3.8, 4) is 39.5 Å². The molecule has 134 valence electrons. The van der Waals surface area contributed by atoms with Gasteiger partial charge in [-0.15, -0.1) is 0 Å². The first-order valence-corrected chi connectivity index (χ1v) is 9.10. The van der Waals surface area contributed by atoms with Crippen molar-refractivity contribution in [3.05, 3.63) is 104 Å². The van der Waals surface area contributed by atoms with Crippen molar-refractivity contribution in [2.24, 2.45) is 0 Å². The lowest BCUT2D eigenvalue weighted by Crippen LogP contribution is -1.97. The van der Waals surface area contributed by atoms with Gasteiger partial charge in [-0.2, -0.15) is 5.10 Å². The van der Waals surface area contributed by atoms with Crippen LogP contribution in [-0.2, 0) is 0 Å². The third-order valence-corrected chi connectivity index (χ3v) is 4.67. The smallest absolute Gasteiger partial charge is 0.161 e. The highest BCUT2D eigenvalue weighted by Gasteiger charge is 2.25. The zero-order valence-corrected chi connectivity index (χ0v) is 15.1. The summed E-state index contributed by atoms with van der Waals surface area (Å²) in [7, 11) is 0. The monoisotopic (exact) mass is 363 g/mol. The van der Waals surface area contributed by atoms with Crippen LogP contribution in [0.4, 0.5) is 0 Å². The maximum Gasteiger partial charge on any atom is 0.161 e. The number of furan rings is 1. The van der Waals surface area contributed by atoms with Gasteiger partial charge in [0.15, 0.2) is 5.76 Å². The van der Waals surface area contributed by atoms with Gasteiger partial charge in [-0.3, -0.25) is 0 Å². The van der Waals surface area contributed by atoms with Crippen LogP contribution in [0, 0.1) is 0 Å². The summed E-state index contributed by atoms with van der Waals surface area (Å²) in [4.78, 5) is 4.16. The first-order valence-electron chi connectivity index (χ1n) is 9.10. The lowest BCUT2D eigenvalue weighted by atomic mass is 9.99. The standard InChI is InChI=1S/C24H17N3O/c1-4-10-18(11-5-1)21-22(27-17-25-16-26-27)24(20-14-8-3-9-15-20)28-23(21)19-12-6-2-7-13-19/h1-17H. The summed E-state index contributed by atoms with van der Waals surface area (Å²) in [6.07, 6.45) is 3.25. The molecule has 0 radical (unpaired) electrons. The van der Waals surface area contributed by atoms with Crippen molar-refractivity contribution in [1.82, 2.24) is 14.8 Å². The van der Waals surface area contributed by atoms with Gasteiger partial charge in [0.25, 0.3) is 0 Å². The summed E-state index contributed by atoms with van der Waals surface area (Å²) < 4.78 is 8.29. The van der Waals surface area contributed by atoms with Crippen molar-refractivity contribution < 1.29 is 4.42 Å². The Bertz CT molecular complexity index is 1180. The number of rotatable bonds is 4. The molecule has 0 amide bonds. The minimum absolute atomic E-state index is 0.767. The molecule has 5 rings (SSSR count). The molecule has 0 aliphatic carbocycles. The number of hydrogen-bond acceptors (Lipinski definition) is 3. The molecule has 0 saturated carbocycles. The molecule has 0 unspecified atom stereocenters. The Morgan fingerprint density at radius 2 is 1.14 bits per heavy atom. The van der Waals surface area contributed by atoms with E-state index in [2.05, 4.69) is 34.3 Å². The van der Waals surface area contributed by atoms with E-state index in [-0.39, 0.29) is 0 Å². The van der Waals surface area contributed by atoms with Crippen LogP contribution in [0.2, 0.25) is 0 Å². The lowest BCUT2D eigenvalue weighted by Gasteiger charge is -2.07. The maximum atomic E-state index is 6.51. The van der Waals surface area contributed by atoms with Crippen LogP contribution in [0.15, 0.2) is 108 Å². The molecule has 0 spiro atoms. The van der Waals surface area contributed by atoms with Gasteiger partial charge in [-0.05, 0) is 5.56 Å². The number of aromatic nitrogens is 3. The second-order valence-electron chi connectivity index (χ2n) is 6.42. The van der Waals surface area contributed by atoms with E-state index in [9.17, 15) is 0 Å². The topological polar surface area (TPSA) is 43.9 Å². The fourth-order valence-corrected chi connectivity index (χ4v) is 3.42. The predicted octanol–water partition coefficient (Wildman–Crippen LogP) is 5.86. The van der Waals surface area contributed by atoms with Gasteiger partial charge < -0.3 is 4.42 Å². The van der Waals surface area contributed by atoms with Gasteiger partial charge in [-0.1, -0.05) is 91.0 Å². The van der Waals surface area contributed by atoms with Gasteiger partial charge in [0.1, 0.15) is 24.1 Å². The molecule has 2 aromatic heterocycles. The molecule has 2 heterocycles. The second-order valence-corrected chi connectivity index (χ2v) is 6.42. The van der Waals surface area contributed by atoms with E-state index in [1.807, 2.05) is 66.7 Å². The van der Waals surface area contributed by atoms with Crippen LogP contribution in [0.3, 0.4) is 0 Å². The van der Waals surface area contributed by atoms with Crippen LogP contribution in [0.1, 0.15) is 0 Å². The number of benzene rings is 3. The van der Waals surface area contributed by atoms with E-state index >= 15 is 0 Å². The first kappa shape index (κ1) is 16.3. The highest BCUT2D eigenvalue weighted by atomic mass is 16.3. The molecule has 0 fully saturated rings. The molecule has 3 aromatic carbocycles. The van der Waals surface area contributed by atoms with Crippen LogP contribution in [0.25, 0.3) is 39.5 Å². The first-order chi connectivity index (χ1) is 13.9. The van der Waals surface area contributed by atoms with E-state index < -0.39 is 0 Å². The number of nitrogens with zero attached hydrogens (tertiary/aromatic N) is 3. The normalized spacial score (nSPS) is 10.9. The Morgan fingerprint density at radius 1 is 0.607 bits per heavy atom. The molecule has 5 aromatic rings. The van der Waals surface area contributed by atoms with Crippen molar-refractivity contribution in [2.75, 3.05) is 0 Å². The SMILES string of the molecule is c1ccc(-c2oc(-c3ccccc3)c(-n3cncn3)c2-c2ccccc2)cc1. The molecular weight excluding hydrogens is 346 g/mol. The van der Waals surface area contributed by atoms with E-state index in [0.29, 0.717) is 0 Å². The Morgan fingerprint density at radius 3 is 1.68 bits per heavy atom. The maximum absolute atomic E-state index is 6.51. The summed E-state index contributed by atoms with van der Waals surface area (Å²) in [5.74, 6) is 1.58. The van der Waals surface area contributed by atoms with Crippen molar-refractivity contribution >= 4 is 0 Å². The summed E-state index contributed by atoms with van der Waals surface area (Å²) in [5, 5.41) is 4.41. The Hall–Kier alpha value is -3.92. The molecule has 28 heavy (non-hydrogen) atoms. The third-order valence-electron chi connectivity index (χ3n) is 4.67. The third kappa shape index (κ3) is 2.81. The van der Waals surface area contributed by atoms with E-state index in [0.717, 1.165) is 39.5 Å². The fraction of sp³-hybridized carbons (Fsp3) is 0. The second kappa shape index (κ2) is 7.00. The van der Waals surface area contributed by atoms with Crippen LogP contribution in [0.5, 0.6) is 0 Å². The van der Waals surface area contributed by atoms with Crippen molar-refractivity contribution in [2.45, 2.75) is 0 Å². The van der Waals surface area contributed by atoms with Crippen LogP contribution < -0.4 is 0 Å². The molecule has 0 N–H and O–H groups in total. The van der Waals surface area contributed by atoms with E-state index in [1.165, 1.54) is 0 Å². The van der Waals surface area contributed by atoms with Gasteiger partial charge in [0.2, 0.25) is 0 Å². The molecular formula is C24H17N3O. The summed E-state index contributed by atoms with van der Waals surface area (Å²) in [5.41, 5.74) is 4.96. The Balaban J connectivity index is 1.88. The van der Waals surface area contributed by atoms with Crippen LogP contribution >= 0.6 is 0 Å². The van der Waals surface area contributed by atoms with Crippen molar-refractivity contribution in [1.29, 1.82) is 0 Å². The van der Waals surface area contributed by atoms with E-state index in [1.54, 1.807) is 17.3 Å². The van der Waals surface area contributed by atoms with Crippen LogP contribution in [-0.4, -0.2) is 14.8 Å². The quantitative estimate of drug-likeness (QED) is 0.402. The van der Waals surface area contributed by atoms with Gasteiger partial charge >= 0.3 is 0 Å². The molecule has 4 heteroatoms. The fourth-order valence-electron chi connectivity index (χ4n) is 3.42. The molecule has 0 bridgehead atoms. The van der Waals surface area contributed by atoms with E-state index in [4.69, 9.17) is 4.42 Å². The highest BCUT2D eigenvalue weighted by Crippen LogP contribution is 2.44. The minimum Gasteiger partial charge on any atom is -0.453 e. The Kier molecular flexibility index (Phi) is 4.07. The zero-order valence-electron chi connectivity index (χ0n) is 15.1. The number of hydrogen-bond donors (Lipinski definition) is 0. The largest absolute Gasteiger partial charge is 0.453 e. The summed E-state index contributed by atoms with van der Waals surface area (Å²) in [6.45, 7) is 0. The Labute approximate surface area is 162 Å². The van der Waals surface area contributed by atoms with Gasteiger partial charge in [0.05, 0.1) is 5.56 Å². The molecule has 0 aliphatic heterocycles. The molecule has 0 atom stereocenters. The highest BCUT2D eigenvalue weighted by molar-refractivity contribution is 5.92.